The Bertz CT molecular complexity index is 502. The van der Waals surface area contributed by atoms with E-state index in [1.54, 1.807) is 6.07 Å². The molecule has 0 atom stereocenters. The molecule has 98 valence electrons. The SMILES string of the molecule is O=C1c2c(O)cc(Br)cc2CCN1CC(F)(F)F. The van der Waals surface area contributed by atoms with Gasteiger partial charge in [-0.3, -0.25) is 4.79 Å². The predicted molar refractivity (Wildman–Crippen MR) is 61.5 cm³/mol. The van der Waals surface area contributed by atoms with Gasteiger partial charge < -0.3 is 10.0 Å². The number of aromatic hydroxyl groups is 1. The molecule has 0 aromatic heterocycles. The molecule has 0 spiro atoms. The average Bonchev–Trinajstić information content (AvgIpc) is 2.19. The summed E-state index contributed by atoms with van der Waals surface area (Å²) >= 11 is 3.16. The normalized spacial score (nSPS) is 15.8. The number of benzene rings is 1. The number of alkyl halides is 3. The fraction of sp³-hybridized carbons (Fsp3) is 0.364. The zero-order valence-corrected chi connectivity index (χ0v) is 10.7. The summed E-state index contributed by atoms with van der Waals surface area (Å²) in [7, 11) is 0. The highest BCUT2D eigenvalue weighted by molar-refractivity contribution is 9.10. The first-order valence-corrected chi connectivity index (χ1v) is 5.94. The summed E-state index contributed by atoms with van der Waals surface area (Å²) in [6, 6.07) is 2.94. The Hall–Kier alpha value is -1.24. The maximum Gasteiger partial charge on any atom is 0.406 e. The highest BCUT2D eigenvalue weighted by atomic mass is 79.9. The predicted octanol–water partition coefficient (Wildman–Crippen LogP) is 2.72. The maximum absolute atomic E-state index is 12.3. The molecule has 0 unspecified atom stereocenters. The van der Waals surface area contributed by atoms with Crippen LogP contribution < -0.4 is 0 Å². The van der Waals surface area contributed by atoms with Crippen LogP contribution >= 0.6 is 15.9 Å². The minimum atomic E-state index is -4.43. The molecule has 0 radical (unpaired) electrons. The van der Waals surface area contributed by atoms with Crippen LogP contribution in [0.1, 0.15) is 15.9 Å². The van der Waals surface area contributed by atoms with Crippen molar-refractivity contribution < 1.29 is 23.1 Å². The van der Waals surface area contributed by atoms with E-state index in [9.17, 15) is 23.1 Å². The minimum Gasteiger partial charge on any atom is -0.507 e. The van der Waals surface area contributed by atoms with Crippen LogP contribution in [-0.2, 0) is 6.42 Å². The van der Waals surface area contributed by atoms with E-state index < -0.39 is 18.6 Å². The summed E-state index contributed by atoms with van der Waals surface area (Å²) in [4.78, 5) is 12.6. The minimum absolute atomic E-state index is 0.00123. The monoisotopic (exact) mass is 323 g/mol. The number of nitrogens with zero attached hydrogens (tertiary/aromatic N) is 1. The Balaban J connectivity index is 2.34. The lowest BCUT2D eigenvalue weighted by atomic mass is 9.98. The van der Waals surface area contributed by atoms with Crippen molar-refractivity contribution in [3.63, 3.8) is 0 Å². The van der Waals surface area contributed by atoms with Gasteiger partial charge in [0.2, 0.25) is 0 Å². The van der Waals surface area contributed by atoms with Gasteiger partial charge in [0.25, 0.3) is 5.91 Å². The molecule has 1 aliphatic heterocycles. The Kier molecular flexibility index (Phi) is 3.27. The molecule has 2 rings (SSSR count). The van der Waals surface area contributed by atoms with Gasteiger partial charge in [0.05, 0.1) is 5.56 Å². The largest absolute Gasteiger partial charge is 0.507 e. The first-order chi connectivity index (χ1) is 8.28. The summed E-state index contributed by atoms with van der Waals surface area (Å²) in [5.74, 6) is -1.07. The third-order valence-electron chi connectivity index (χ3n) is 2.69. The van der Waals surface area contributed by atoms with Crippen molar-refractivity contribution in [1.29, 1.82) is 0 Å². The van der Waals surface area contributed by atoms with Gasteiger partial charge in [-0.2, -0.15) is 13.2 Å². The molecular weight excluding hydrogens is 315 g/mol. The zero-order valence-electron chi connectivity index (χ0n) is 9.09. The Morgan fingerprint density at radius 3 is 2.67 bits per heavy atom. The van der Waals surface area contributed by atoms with Gasteiger partial charge >= 0.3 is 6.18 Å². The quantitative estimate of drug-likeness (QED) is 0.863. The van der Waals surface area contributed by atoms with E-state index in [1.807, 2.05) is 0 Å². The topological polar surface area (TPSA) is 40.5 Å². The third-order valence-corrected chi connectivity index (χ3v) is 3.14. The molecule has 18 heavy (non-hydrogen) atoms. The highest BCUT2D eigenvalue weighted by Gasteiger charge is 2.36. The van der Waals surface area contributed by atoms with Gasteiger partial charge in [-0.05, 0) is 24.1 Å². The molecule has 1 aromatic rings. The number of fused-ring (bicyclic) bond motifs is 1. The summed E-state index contributed by atoms with van der Waals surface area (Å²) in [6.07, 6.45) is -4.14. The second-order valence-electron chi connectivity index (χ2n) is 4.05. The molecule has 1 heterocycles. The van der Waals surface area contributed by atoms with Crippen LogP contribution in [0.4, 0.5) is 13.2 Å². The number of rotatable bonds is 1. The van der Waals surface area contributed by atoms with Gasteiger partial charge in [0.1, 0.15) is 12.3 Å². The van der Waals surface area contributed by atoms with Crippen LogP contribution in [0.25, 0.3) is 0 Å². The average molecular weight is 324 g/mol. The van der Waals surface area contributed by atoms with Crippen LogP contribution in [-0.4, -0.2) is 35.2 Å². The Morgan fingerprint density at radius 1 is 1.39 bits per heavy atom. The van der Waals surface area contributed by atoms with E-state index in [0.29, 0.717) is 21.4 Å². The molecule has 1 aliphatic rings. The lowest BCUT2D eigenvalue weighted by Gasteiger charge is -2.29. The summed E-state index contributed by atoms with van der Waals surface area (Å²) in [5, 5.41) is 9.66. The van der Waals surface area contributed by atoms with E-state index in [2.05, 4.69) is 15.9 Å². The van der Waals surface area contributed by atoms with Gasteiger partial charge in [-0.25, -0.2) is 0 Å². The summed E-state index contributed by atoms with van der Waals surface area (Å²) in [5.41, 5.74) is 0.527. The summed E-state index contributed by atoms with van der Waals surface area (Å²) < 4.78 is 37.5. The molecule has 1 aromatic carbocycles. The maximum atomic E-state index is 12.3. The number of hydrogen-bond acceptors (Lipinski definition) is 2. The highest BCUT2D eigenvalue weighted by Crippen LogP contribution is 2.32. The smallest absolute Gasteiger partial charge is 0.406 e. The first kappa shape index (κ1) is 13.2. The van der Waals surface area contributed by atoms with E-state index in [1.165, 1.54) is 6.07 Å². The first-order valence-electron chi connectivity index (χ1n) is 5.15. The van der Waals surface area contributed by atoms with Gasteiger partial charge in [-0.1, -0.05) is 15.9 Å². The van der Waals surface area contributed by atoms with E-state index in [-0.39, 0.29) is 17.9 Å². The van der Waals surface area contributed by atoms with Gasteiger partial charge in [0, 0.05) is 11.0 Å². The number of hydrogen-bond donors (Lipinski definition) is 1. The standard InChI is InChI=1S/C11H9BrF3NO2/c12-7-3-6-1-2-16(5-11(13,14)15)10(18)9(6)8(17)4-7/h3-4,17H,1-2,5H2. The lowest BCUT2D eigenvalue weighted by molar-refractivity contribution is -0.141. The number of amides is 1. The van der Waals surface area contributed by atoms with Crippen molar-refractivity contribution in [3.05, 3.63) is 27.7 Å². The van der Waals surface area contributed by atoms with E-state index in [0.717, 1.165) is 0 Å². The number of phenols is 1. The second-order valence-corrected chi connectivity index (χ2v) is 4.97. The van der Waals surface area contributed by atoms with Crippen LogP contribution in [0.2, 0.25) is 0 Å². The van der Waals surface area contributed by atoms with E-state index in [4.69, 9.17) is 0 Å². The van der Waals surface area contributed by atoms with Crippen LogP contribution in [0, 0.1) is 0 Å². The molecule has 0 aliphatic carbocycles. The molecule has 0 saturated carbocycles. The third kappa shape index (κ3) is 2.60. The lowest BCUT2D eigenvalue weighted by Crippen LogP contribution is -2.43. The van der Waals surface area contributed by atoms with Crippen molar-refractivity contribution in [2.24, 2.45) is 0 Å². The van der Waals surface area contributed by atoms with Crippen molar-refractivity contribution >= 4 is 21.8 Å². The van der Waals surface area contributed by atoms with Crippen LogP contribution in [0.3, 0.4) is 0 Å². The second kappa shape index (κ2) is 4.46. The number of carbonyl (C=O) groups is 1. The zero-order chi connectivity index (χ0) is 13.5. The molecule has 3 nitrogen and oxygen atoms in total. The number of carbonyl (C=O) groups excluding carboxylic acids is 1. The fourth-order valence-electron chi connectivity index (χ4n) is 1.97. The molecule has 1 amide bonds. The van der Waals surface area contributed by atoms with Crippen LogP contribution in [0.15, 0.2) is 16.6 Å². The van der Waals surface area contributed by atoms with Crippen molar-refractivity contribution in [2.45, 2.75) is 12.6 Å². The Morgan fingerprint density at radius 2 is 2.06 bits per heavy atom. The van der Waals surface area contributed by atoms with Crippen molar-refractivity contribution in [2.75, 3.05) is 13.1 Å². The molecule has 0 bridgehead atoms. The van der Waals surface area contributed by atoms with Crippen LogP contribution in [0.5, 0.6) is 5.75 Å². The summed E-state index contributed by atoms with van der Waals surface area (Å²) in [6.45, 7) is -1.29. The number of halogens is 4. The Labute approximate surface area is 109 Å². The molecule has 0 saturated heterocycles. The van der Waals surface area contributed by atoms with Gasteiger partial charge in [0.15, 0.2) is 0 Å². The van der Waals surface area contributed by atoms with Crippen molar-refractivity contribution in [1.82, 2.24) is 4.90 Å². The molecular formula is C11H9BrF3NO2. The molecule has 0 fully saturated rings. The fourth-order valence-corrected chi connectivity index (χ4v) is 2.47. The molecule has 1 N–H and O–H groups in total. The van der Waals surface area contributed by atoms with Crippen molar-refractivity contribution in [3.8, 4) is 5.75 Å². The van der Waals surface area contributed by atoms with Gasteiger partial charge in [-0.15, -0.1) is 0 Å². The number of phenolic OH excluding ortho intramolecular Hbond substituents is 1. The molecule has 7 heteroatoms. The van der Waals surface area contributed by atoms with E-state index >= 15 is 0 Å².